The Morgan fingerprint density at radius 1 is 0.500 bits per heavy atom. The fourth-order valence-electron chi connectivity index (χ4n) is 0.235. The minimum Gasteiger partial charge on any atom is -0.822 e. The van der Waals surface area contributed by atoms with E-state index in [-0.39, 0.29) is 63.2 Å². The molecule has 16 nitrogen and oxygen atoms in total. The van der Waals surface area contributed by atoms with Crippen LogP contribution < -0.4 is 58.7 Å². The molecule has 0 saturated heterocycles. The normalized spacial score (nSPS) is 9.73. The minimum atomic E-state index is -5.39. The fraction of sp³-hybridized carbons (Fsp3) is 0.333. The van der Waals surface area contributed by atoms with Gasteiger partial charge < -0.3 is 77.0 Å². The van der Waals surface area contributed by atoms with E-state index in [0.717, 1.165) is 11.5 Å². The van der Waals surface area contributed by atoms with Crippen molar-refractivity contribution in [3.63, 3.8) is 0 Å². The Hall–Kier alpha value is 2.33. The van der Waals surface area contributed by atoms with Crippen molar-refractivity contribution in [2.24, 2.45) is 0 Å². The molecule has 0 rings (SSSR count). The summed E-state index contributed by atoms with van der Waals surface area (Å²) in [5.41, 5.74) is 0. The Balaban J connectivity index is -0.0000000330. The van der Waals surface area contributed by atoms with Crippen LogP contribution in [0.2, 0.25) is 0 Å². The van der Waals surface area contributed by atoms with Gasteiger partial charge in [0, 0.05) is 11.5 Å². The third-order valence-corrected chi connectivity index (χ3v) is 1.41. The van der Waals surface area contributed by atoms with Gasteiger partial charge in [0.1, 0.15) is 0 Å². The number of hydrogen-bond donors (Lipinski definition) is 0. The first-order chi connectivity index (χ1) is 11.4. The van der Waals surface area contributed by atoms with Crippen molar-refractivity contribution in [2.75, 3.05) is 11.5 Å². The van der Waals surface area contributed by atoms with Gasteiger partial charge in [0.05, 0.1) is 0 Å². The molecule has 24 heteroatoms. The summed E-state index contributed by atoms with van der Waals surface area (Å²) in [6.45, 7) is 7.15. The smallest absolute Gasteiger partial charge is 0.822 e. The van der Waals surface area contributed by atoms with Crippen molar-refractivity contribution < 1.29 is 140 Å². The second-order valence-electron chi connectivity index (χ2n) is 2.90. The molecule has 0 aromatic heterocycles. The maximum absolute atomic E-state index is 8.55. The summed E-state index contributed by atoms with van der Waals surface area (Å²) in [4.78, 5) is 103. The first kappa shape index (κ1) is 53.6. The van der Waals surface area contributed by atoms with E-state index >= 15 is 0 Å². The minimum absolute atomic E-state index is 0. The Kier molecular flexibility index (Phi) is 52.5. The van der Waals surface area contributed by atoms with Crippen LogP contribution in [0, 0.1) is 0 Å². The Morgan fingerprint density at radius 2 is 0.600 bits per heavy atom. The zero-order chi connectivity index (χ0) is 23.5. The number of phosphoric acid groups is 4. The Bertz CT molecular complexity index is 432. The molecule has 0 aromatic carbocycles. The first-order valence-electron chi connectivity index (χ1n) is 5.13. The largest absolute Gasteiger partial charge is 4.00 e. The van der Waals surface area contributed by atoms with Crippen molar-refractivity contribution in [2.45, 2.75) is 0 Å². The molecule has 0 aliphatic rings. The molecule has 0 radical (unpaired) electrons. The molecule has 30 heavy (non-hydrogen) atoms. The quantitative estimate of drug-likeness (QED) is 0.111. The average molecular weight is 782 g/mol. The van der Waals surface area contributed by atoms with Gasteiger partial charge in [-0.25, -0.2) is 0 Å². The molecule has 0 unspecified atom stereocenters. The predicted octanol–water partition coefficient (Wildman–Crippen LogP) is -9.21. The van der Waals surface area contributed by atoms with Gasteiger partial charge in [0.2, 0.25) is 0 Å². The van der Waals surface area contributed by atoms with Crippen LogP contribution in [0.3, 0.4) is 0 Å². The van der Waals surface area contributed by atoms with Crippen molar-refractivity contribution in [1.29, 1.82) is 0 Å². The van der Waals surface area contributed by atoms with Crippen LogP contribution in [-0.2, 0) is 81.5 Å². The van der Waals surface area contributed by atoms with Crippen molar-refractivity contribution in [3.8, 4) is 0 Å². The van der Waals surface area contributed by atoms with Gasteiger partial charge in [-0.05, 0) is 0 Å². The van der Waals surface area contributed by atoms with E-state index in [4.69, 9.17) is 77.0 Å². The van der Waals surface area contributed by atoms with Crippen LogP contribution in [0.25, 0.3) is 0 Å². The molecule has 0 aliphatic heterocycles. The van der Waals surface area contributed by atoms with Gasteiger partial charge in [-0.2, -0.15) is 43.1 Å². The van der Waals surface area contributed by atoms with Crippen molar-refractivity contribution in [1.82, 2.24) is 0 Å². The Morgan fingerprint density at radius 3 is 0.667 bits per heavy atom. The van der Waals surface area contributed by atoms with Gasteiger partial charge in [-0.3, -0.25) is 0 Å². The summed E-state index contributed by atoms with van der Waals surface area (Å²) in [5.74, 6) is 2.07. The molecule has 0 atom stereocenters. The summed E-state index contributed by atoms with van der Waals surface area (Å²) in [7, 11) is -21.6. The van der Waals surface area contributed by atoms with Gasteiger partial charge in [-0.1, -0.05) is 12.2 Å². The third-order valence-electron chi connectivity index (χ3n) is 0.471. The number of rotatable bonds is 4. The zero-order valence-corrected chi connectivity index (χ0v) is 24.4. The SMILES string of the molecule is C=CCSCC=C.O=P([O-])([O-])[O-].O=P([O-])([O-])[O-].O=P([O-])([O-])[O-].O=P([O-])([O-])[O-].[Mo+4].[Mo+4].[Mo+4]. The van der Waals surface area contributed by atoms with E-state index in [1.807, 2.05) is 23.9 Å². The molecule has 0 fully saturated rings. The monoisotopic (exact) mass is 788 g/mol. The molecule has 0 aromatic rings. The number of thioether (sulfide) groups is 1. The van der Waals surface area contributed by atoms with E-state index in [2.05, 4.69) is 13.2 Å². The Labute approximate surface area is 218 Å². The second-order valence-corrected chi connectivity index (χ2v) is 7.56. The molecule has 174 valence electrons. The molecular formula is C6H10Mo3O16P4S. The topological polar surface area (TPSA) is 345 Å². The summed E-state index contributed by atoms with van der Waals surface area (Å²) >= 11 is 1.82. The second kappa shape index (κ2) is 29.4. The molecule has 0 bridgehead atoms. The van der Waals surface area contributed by atoms with Crippen molar-refractivity contribution >= 4 is 43.1 Å². The standard InChI is InChI=1S/C6H10S.3Mo.4H3O4P/c1-3-5-7-6-4-2;;;;4*1-5(2,3)4/h3-4H,1-2,5-6H2;;;;4*(H3,1,2,3,4)/q;3*+4;;;;/p-12. The van der Waals surface area contributed by atoms with E-state index < -0.39 is 31.3 Å². The maximum atomic E-state index is 8.55. The van der Waals surface area contributed by atoms with E-state index in [0.29, 0.717) is 0 Å². The molecule has 0 amide bonds. The van der Waals surface area contributed by atoms with Gasteiger partial charge in [0.15, 0.2) is 0 Å². The fourth-order valence-corrected chi connectivity index (χ4v) is 0.704. The van der Waals surface area contributed by atoms with E-state index in [1.54, 1.807) is 0 Å². The summed E-state index contributed by atoms with van der Waals surface area (Å²) < 4.78 is 34.2. The van der Waals surface area contributed by atoms with Gasteiger partial charge in [0.25, 0.3) is 0 Å². The van der Waals surface area contributed by atoms with E-state index in [9.17, 15) is 0 Å². The summed E-state index contributed by atoms with van der Waals surface area (Å²) in [5, 5.41) is 0. The molecule has 0 spiro atoms. The molecule has 0 saturated carbocycles. The predicted molar refractivity (Wildman–Crippen MR) is 68.1 cm³/mol. The first-order valence-corrected chi connectivity index (χ1v) is 12.1. The van der Waals surface area contributed by atoms with Crippen LogP contribution in [0.4, 0.5) is 0 Å². The summed E-state index contributed by atoms with van der Waals surface area (Å²) in [6.07, 6.45) is 3.79. The van der Waals surface area contributed by atoms with Crippen LogP contribution in [0.5, 0.6) is 0 Å². The van der Waals surface area contributed by atoms with E-state index in [1.165, 1.54) is 0 Å². The van der Waals surface area contributed by atoms with Crippen LogP contribution in [0.1, 0.15) is 0 Å². The molecule has 0 aliphatic carbocycles. The summed E-state index contributed by atoms with van der Waals surface area (Å²) in [6, 6.07) is 0. The van der Waals surface area contributed by atoms with Gasteiger partial charge >= 0.3 is 63.2 Å². The molecule has 0 N–H and O–H groups in total. The van der Waals surface area contributed by atoms with Crippen molar-refractivity contribution in [3.05, 3.63) is 25.3 Å². The molecule has 0 heterocycles. The zero-order valence-electron chi connectivity index (χ0n) is 13.9. The third kappa shape index (κ3) is 650. The van der Waals surface area contributed by atoms with Crippen LogP contribution in [-0.4, -0.2) is 11.5 Å². The molecular weight excluding hydrogens is 772 g/mol. The average Bonchev–Trinajstić information content (AvgIpc) is 2.20. The van der Waals surface area contributed by atoms with Gasteiger partial charge in [-0.15, -0.1) is 13.2 Å². The van der Waals surface area contributed by atoms with Crippen LogP contribution >= 0.6 is 43.1 Å². The van der Waals surface area contributed by atoms with Crippen LogP contribution in [0.15, 0.2) is 25.3 Å². The number of hydrogen-bond acceptors (Lipinski definition) is 17. The maximum Gasteiger partial charge on any atom is 4.00 e.